The standard InChI is InChI=1S/C18H26O/c1-7-9-10-14(4)16(6)17-12-13(3)11-15(5)18(17)19-8-2/h11-12,14,16H,7-8H2,1-6H3. The van der Waals surface area contributed by atoms with Crippen molar-refractivity contribution in [2.45, 2.75) is 53.9 Å². The predicted octanol–water partition coefficient (Wildman–Crippen LogP) is 4.86. The summed E-state index contributed by atoms with van der Waals surface area (Å²) in [5.74, 6) is 8.30. The summed E-state index contributed by atoms with van der Waals surface area (Å²) < 4.78 is 5.85. The van der Waals surface area contributed by atoms with Crippen LogP contribution in [0.15, 0.2) is 12.1 Å². The van der Waals surface area contributed by atoms with E-state index in [4.69, 9.17) is 4.74 Å². The third-order valence-corrected chi connectivity index (χ3v) is 3.48. The maximum Gasteiger partial charge on any atom is 0.125 e. The SMILES string of the molecule is CCC#CC(C)C(C)c1cc(C)cc(C)c1OCC. The lowest BCUT2D eigenvalue weighted by Gasteiger charge is -2.21. The molecule has 1 rings (SSSR count). The summed E-state index contributed by atoms with van der Waals surface area (Å²) in [7, 11) is 0. The molecule has 0 aliphatic carbocycles. The van der Waals surface area contributed by atoms with E-state index in [9.17, 15) is 0 Å². The van der Waals surface area contributed by atoms with Crippen LogP contribution < -0.4 is 4.74 Å². The van der Waals surface area contributed by atoms with E-state index in [2.05, 4.69) is 58.6 Å². The molecule has 1 nitrogen and oxygen atoms in total. The van der Waals surface area contributed by atoms with Crippen molar-refractivity contribution in [1.82, 2.24) is 0 Å². The van der Waals surface area contributed by atoms with Crippen LogP contribution in [0.3, 0.4) is 0 Å². The van der Waals surface area contributed by atoms with E-state index in [0.717, 1.165) is 12.2 Å². The van der Waals surface area contributed by atoms with Gasteiger partial charge in [0.25, 0.3) is 0 Å². The average molecular weight is 258 g/mol. The van der Waals surface area contributed by atoms with Crippen LogP contribution in [-0.4, -0.2) is 6.61 Å². The zero-order valence-electron chi connectivity index (χ0n) is 13.1. The maximum atomic E-state index is 5.85. The van der Waals surface area contributed by atoms with E-state index in [-0.39, 0.29) is 0 Å². The van der Waals surface area contributed by atoms with Crippen LogP contribution in [0.1, 0.15) is 56.7 Å². The first kappa shape index (κ1) is 15.6. The third kappa shape index (κ3) is 4.03. The molecule has 1 aromatic rings. The molecule has 2 atom stereocenters. The van der Waals surface area contributed by atoms with Crippen LogP contribution in [0.4, 0.5) is 0 Å². The minimum atomic E-state index is 0.348. The molecule has 2 unspecified atom stereocenters. The molecule has 0 saturated carbocycles. The minimum absolute atomic E-state index is 0.348. The lowest BCUT2D eigenvalue weighted by molar-refractivity contribution is 0.330. The van der Waals surface area contributed by atoms with E-state index in [1.54, 1.807) is 0 Å². The first-order valence-corrected chi connectivity index (χ1v) is 7.23. The highest BCUT2D eigenvalue weighted by Gasteiger charge is 2.18. The molecule has 0 saturated heterocycles. The van der Waals surface area contributed by atoms with Crippen LogP contribution in [0.5, 0.6) is 5.75 Å². The third-order valence-electron chi connectivity index (χ3n) is 3.48. The molecule has 1 heteroatoms. The highest BCUT2D eigenvalue weighted by atomic mass is 16.5. The summed E-state index contributed by atoms with van der Waals surface area (Å²) in [6.45, 7) is 13.5. The van der Waals surface area contributed by atoms with E-state index < -0.39 is 0 Å². The smallest absolute Gasteiger partial charge is 0.125 e. The predicted molar refractivity (Wildman–Crippen MR) is 82.7 cm³/mol. The quantitative estimate of drug-likeness (QED) is 0.701. The van der Waals surface area contributed by atoms with Gasteiger partial charge in [-0.3, -0.25) is 0 Å². The van der Waals surface area contributed by atoms with Crippen molar-refractivity contribution in [3.8, 4) is 17.6 Å². The van der Waals surface area contributed by atoms with Crippen LogP contribution in [0.25, 0.3) is 0 Å². The molecule has 0 amide bonds. The zero-order chi connectivity index (χ0) is 14.4. The summed E-state index contributed by atoms with van der Waals surface area (Å²) in [5, 5.41) is 0. The second-order valence-corrected chi connectivity index (χ2v) is 5.19. The fourth-order valence-corrected chi connectivity index (χ4v) is 2.32. The molecule has 0 spiro atoms. The zero-order valence-corrected chi connectivity index (χ0v) is 13.1. The van der Waals surface area contributed by atoms with Crippen molar-refractivity contribution in [3.63, 3.8) is 0 Å². The molecule has 0 heterocycles. The summed E-state index contributed by atoms with van der Waals surface area (Å²) >= 11 is 0. The molecule has 0 aromatic heterocycles. The van der Waals surface area contributed by atoms with Crippen molar-refractivity contribution in [2.75, 3.05) is 6.61 Å². The monoisotopic (exact) mass is 258 g/mol. The molecular weight excluding hydrogens is 232 g/mol. The van der Waals surface area contributed by atoms with E-state index >= 15 is 0 Å². The van der Waals surface area contributed by atoms with Crippen LogP contribution in [-0.2, 0) is 0 Å². The van der Waals surface area contributed by atoms with Crippen molar-refractivity contribution < 1.29 is 4.74 Å². The van der Waals surface area contributed by atoms with Gasteiger partial charge in [-0.1, -0.05) is 44.4 Å². The summed E-state index contributed by atoms with van der Waals surface area (Å²) in [4.78, 5) is 0. The Labute approximate surface area is 118 Å². The van der Waals surface area contributed by atoms with Gasteiger partial charge in [0.05, 0.1) is 6.61 Å². The van der Waals surface area contributed by atoms with Gasteiger partial charge in [0.15, 0.2) is 0 Å². The Kier molecular flexibility index (Phi) is 5.96. The molecular formula is C18H26O. The largest absolute Gasteiger partial charge is 0.493 e. The first-order chi connectivity index (χ1) is 9.01. The fraction of sp³-hybridized carbons (Fsp3) is 0.556. The summed E-state index contributed by atoms with van der Waals surface area (Å²) in [6, 6.07) is 4.43. The number of aryl methyl sites for hydroxylation is 2. The van der Waals surface area contributed by atoms with E-state index in [1.807, 2.05) is 6.92 Å². The van der Waals surface area contributed by atoms with Gasteiger partial charge >= 0.3 is 0 Å². The number of hydrogen-bond donors (Lipinski definition) is 0. The second-order valence-electron chi connectivity index (χ2n) is 5.19. The molecule has 104 valence electrons. The molecule has 0 radical (unpaired) electrons. The Bertz CT molecular complexity index is 476. The van der Waals surface area contributed by atoms with Gasteiger partial charge in [0, 0.05) is 12.3 Å². The van der Waals surface area contributed by atoms with Crippen molar-refractivity contribution in [2.24, 2.45) is 5.92 Å². The number of hydrogen-bond acceptors (Lipinski definition) is 1. The number of benzene rings is 1. The van der Waals surface area contributed by atoms with Crippen LogP contribution in [0, 0.1) is 31.6 Å². The lowest BCUT2D eigenvalue weighted by atomic mass is 9.86. The Balaban J connectivity index is 3.16. The number of rotatable bonds is 4. The first-order valence-electron chi connectivity index (χ1n) is 7.23. The van der Waals surface area contributed by atoms with Gasteiger partial charge < -0.3 is 4.74 Å². The summed E-state index contributed by atoms with van der Waals surface area (Å²) in [6.07, 6.45) is 0.919. The second kappa shape index (κ2) is 7.24. The van der Waals surface area contributed by atoms with E-state index in [1.165, 1.54) is 16.7 Å². The fourth-order valence-electron chi connectivity index (χ4n) is 2.32. The molecule has 0 bridgehead atoms. The van der Waals surface area contributed by atoms with Crippen molar-refractivity contribution in [3.05, 3.63) is 28.8 Å². The number of ether oxygens (including phenoxy) is 1. The highest BCUT2D eigenvalue weighted by molar-refractivity contribution is 5.46. The van der Waals surface area contributed by atoms with Gasteiger partial charge in [-0.15, -0.1) is 5.92 Å². The van der Waals surface area contributed by atoms with Gasteiger partial charge in [0.2, 0.25) is 0 Å². The van der Waals surface area contributed by atoms with Crippen molar-refractivity contribution in [1.29, 1.82) is 0 Å². The average Bonchev–Trinajstić information content (AvgIpc) is 2.38. The van der Waals surface area contributed by atoms with Gasteiger partial charge in [-0.2, -0.15) is 0 Å². The van der Waals surface area contributed by atoms with Crippen LogP contribution >= 0.6 is 0 Å². The topological polar surface area (TPSA) is 9.23 Å². The molecule has 0 aliphatic heterocycles. The molecule has 19 heavy (non-hydrogen) atoms. The van der Waals surface area contributed by atoms with Gasteiger partial charge in [-0.25, -0.2) is 0 Å². The Hall–Kier alpha value is -1.42. The molecule has 0 N–H and O–H groups in total. The maximum absolute atomic E-state index is 5.85. The molecule has 0 aliphatic rings. The normalized spacial score (nSPS) is 13.4. The van der Waals surface area contributed by atoms with Crippen molar-refractivity contribution >= 4 is 0 Å². The van der Waals surface area contributed by atoms with Gasteiger partial charge in [0.1, 0.15) is 5.75 Å². The molecule has 1 aromatic carbocycles. The molecule has 0 fully saturated rings. The Morgan fingerprint density at radius 1 is 1.16 bits per heavy atom. The van der Waals surface area contributed by atoms with Crippen LogP contribution in [0.2, 0.25) is 0 Å². The Morgan fingerprint density at radius 3 is 2.42 bits per heavy atom. The van der Waals surface area contributed by atoms with E-state index in [0.29, 0.717) is 18.4 Å². The minimum Gasteiger partial charge on any atom is -0.493 e. The lowest BCUT2D eigenvalue weighted by Crippen LogP contribution is -2.08. The Morgan fingerprint density at radius 2 is 1.84 bits per heavy atom. The summed E-state index contributed by atoms with van der Waals surface area (Å²) in [5.41, 5.74) is 3.80. The highest BCUT2D eigenvalue weighted by Crippen LogP contribution is 2.35. The van der Waals surface area contributed by atoms with Gasteiger partial charge in [-0.05, 0) is 37.8 Å².